The Morgan fingerprint density at radius 2 is 1.77 bits per heavy atom. The Morgan fingerprint density at radius 1 is 1.07 bits per heavy atom. The van der Waals surface area contributed by atoms with Crippen molar-refractivity contribution in [3.8, 4) is 5.75 Å². The molecule has 0 N–H and O–H groups in total. The Labute approximate surface area is 174 Å². The Kier molecular flexibility index (Phi) is 7.53. The maximum absolute atomic E-state index is 12.2. The van der Waals surface area contributed by atoms with Gasteiger partial charge < -0.3 is 24.1 Å². The fourth-order valence-corrected chi connectivity index (χ4v) is 2.76. The lowest BCUT2D eigenvalue weighted by atomic mass is 10.2. The first-order valence-electron chi connectivity index (χ1n) is 9.40. The monoisotopic (exact) mass is 413 g/mol. The number of rotatable bonds is 8. The number of benzene rings is 1. The summed E-state index contributed by atoms with van der Waals surface area (Å²) in [6.07, 6.45) is 4.83. The maximum Gasteiger partial charge on any atom is 0.347 e. The average molecular weight is 413 g/mol. The second-order valence-corrected chi connectivity index (χ2v) is 6.36. The van der Waals surface area contributed by atoms with Crippen LogP contribution in [0.25, 0.3) is 0 Å². The minimum absolute atomic E-state index is 0.251. The maximum atomic E-state index is 12.2. The van der Waals surface area contributed by atoms with Crippen LogP contribution in [0.15, 0.2) is 47.9 Å². The molecule has 1 fully saturated rings. The van der Waals surface area contributed by atoms with Crippen molar-refractivity contribution in [1.29, 1.82) is 0 Å². The van der Waals surface area contributed by atoms with E-state index in [4.69, 9.17) is 14.3 Å². The zero-order chi connectivity index (χ0) is 21.2. The second kappa shape index (κ2) is 10.7. The molecule has 0 unspecified atom stereocenters. The summed E-state index contributed by atoms with van der Waals surface area (Å²) in [6.45, 7) is 1.56. The SMILES string of the molecule is COc1ccc(/C=N\OCC(=O)OCC(=O)N2CCN(c3ncccn3)CC2)cc1. The van der Waals surface area contributed by atoms with Gasteiger partial charge in [0.1, 0.15) is 5.75 Å². The largest absolute Gasteiger partial charge is 0.497 e. The molecule has 2 heterocycles. The molecule has 0 bridgehead atoms. The van der Waals surface area contributed by atoms with Crippen molar-refractivity contribution < 1.29 is 23.9 Å². The number of carbonyl (C=O) groups is 2. The number of aromatic nitrogens is 2. The van der Waals surface area contributed by atoms with Crippen molar-refractivity contribution in [3.05, 3.63) is 48.3 Å². The van der Waals surface area contributed by atoms with Gasteiger partial charge in [-0.25, -0.2) is 14.8 Å². The Balaban J connectivity index is 1.32. The van der Waals surface area contributed by atoms with Crippen molar-refractivity contribution in [3.63, 3.8) is 0 Å². The molecule has 158 valence electrons. The Hall–Kier alpha value is -3.69. The van der Waals surface area contributed by atoms with E-state index in [0.29, 0.717) is 32.1 Å². The van der Waals surface area contributed by atoms with Crippen LogP contribution in [0.3, 0.4) is 0 Å². The molecule has 0 aliphatic carbocycles. The molecular formula is C20H23N5O5. The first kappa shape index (κ1) is 21.0. The third kappa shape index (κ3) is 6.16. The predicted molar refractivity (Wildman–Crippen MR) is 108 cm³/mol. The van der Waals surface area contributed by atoms with Gasteiger partial charge in [0.2, 0.25) is 12.6 Å². The van der Waals surface area contributed by atoms with E-state index in [1.54, 1.807) is 54.7 Å². The molecule has 2 aromatic rings. The third-order valence-electron chi connectivity index (χ3n) is 4.40. The summed E-state index contributed by atoms with van der Waals surface area (Å²) in [5.74, 6) is 0.463. The van der Waals surface area contributed by atoms with Gasteiger partial charge in [0.25, 0.3) is 5.91 Å². The summed E-state index contributed by atoms with van der Waals surface area (Å²) >= 11 is 0. The number of ether oxygens (including phenoxy) is 2. The quantitative estimate of drug-likeness (QED) is 0.354. The summed E-state index contributed by atoms with van der Waals surface area (Å²) < 4.78 is 10.0. The number of oxime groups is 1. The fraction of sp³-hybridized carbons (Fsp3) is 0.350. The van der Waals surface area contributed by atoms with Gasteiger partial charge in [-0.3, -0.25) is 4.79 Å². The molecular weight excluding hydrogens is 390 g/mol. The molecule has 30 heavy (non-hydrogen) atoms. The number of hydrogen-bond donors (Lipinski definition) is 0. The number of methoxy groups -OCH3 is 1. The number of carbonyl (C=O) groups excluding carboxylic acids is 2. The highest BCUT2D eigenvalue weighted by Gasteiger charge is 2.23. The number of nitrogens with zero attached hydrogens (tertiary/aromatic N) is 5. The standard InChI is InChI=1S/C20H23N5O5/c1-28-17-5-3-16(4-6-17)13-23-30-15-19(27)29-14-18(26)24-9-11-25(12-10-24)20-21-7-2-8-22-20/h2-8,13H,9-12,14-15H2,1H3/b23-13-. The number of esters is 1. The molecule has 1 amide bonds. The molecule has 0 radical (unpaired) electrons. The van der Waals surface area contributed by atoms with Crippen LogP contribution in [-0.2, 0) is 19.2 Å². The van der Waals surface area contributed by atoms with E-state index in [1.165, 1.54) is 6.21 Å². The van der Waals surface area contributed by atoms with Gasteiger partial charge in [0.15, 0.2) is 6.61 Å². The predicted octanol–water partition coefficient (Wildman–Crippen LogP) is 0.728. The normalized spacial score (nSPS) is 13.9. The second-order valence-electron chi connectivity index (χ2n) is 6.36. The molecule has 1 aliphatic rings. The van der Waals surface area contributed by atoms with Crippen LogP contribution in [0.2, 0.25) is 0 Å². The summed E-state index contributed by atoms with van der Waals surface area (Å²) in [5, 5.41) is 3.71. The highest BCUT2D eigenvalue weighted by Crippen LogP contribution is 2.10. The molecule has 0 spiro atoms. The molecule has 0 atom stereocenters. The van der Waals surface area contributed by atoms with Crippen LogP contribution in [0.1, 0.15) is 5.56 Å². The molecule has 1 aliphatic heterocycles. The van der Waals surface area contributed by atoms with E-state index >= 15 is 0 Å². The van der Waals surface area contributed by atoms with Crippen molar-refractivity contribution in [2.24, 2.45) is 5.16 Å². The van der Waals surface area contributed by atoms with Crippen LogP contribution >= 0.6 is 0 Å². The van der Waals surface area contributed by atoms with Crippen LogP contribution in [0.4, 0.5) is 5.95 Å². The van der Waals surface area contributed by atoms with Gasteiger partial charge in [-0.1, -0.05) is 5.16 Å². The Morgan fingerprint density at radius 3 is 2.43 bits per heavy atom. The average Bonchev–Trinajstić information content (AvgIpc) is 2.81. The van der Waals surface area contributed by atoms with Gasteiger partial charge in [-0.15, -0.1) is 0 Å². The van der Waals surface area contributed by atoms with Gasteiger partial charge in [0.05, 0.1) is 13.3 Å². The summed E-state index contributed by atoms with van der Waals surface area (Å²) in [6, 6.07) is 8.92. The zero-order valence-corrected chi connectivity index (χ0v) is 16.6. The lowest BCUT2D eigenvalue weighted by Crippen LogP contribution is -2.50. The lowest BCUT2D eigenvalue weighted by molar-refractivity contribution is -0.155. The highest BCUT2D eigenvalue weighted by molar-refractivity contribution is 5.81. The number of anilines is 1. The van der Waals surface area contributed by atoms with Crippen molar-refractivity contribution >= 4 is 24.0 Å². The number of piperazine rings is 1. The summed E-state index contributed by atoms with van der Waals surface area (Å²) in [7, 11) is 1.59. The first-order valence-corrected chi connectivity index (χ1v) is 9.40. The van der Waals surface area contributed by atoms with E-state index < -0.39 is 5.97 Å². The van der Waals surface area contributed by atoms with Crippen molar-refractivity contribution in [2.45, 2.75) is 0 Å². The number of amides is 1. The van der Waals surface area contributed by atoms with Crippen LogP contribution in [-0.4, -0.2) is 79.5 Å². The zero-order valence-electron chi connectivity index (χ0n) is 16.6. The molecule has 1 aromatic carbocycles. The minimum atomic E-state index is -0.661. The fourth-order valence-electron chi connectivity index (χ4n) is 2.76. The first-order chi connectivity index (χ1) is 14.7. The molecule has 1 saturated heterocycles. The van der Waals surface area contributed by atoms with E-state index in [0.717, 1.165) is 11.3 Å². The van der Waals surface area contributed by atoms with E-state index in [-0.39, 0.29) is 19.1 Å². The van der Waals surface area contributed by atoms with Crippen molar-refractivity contribution in [2.75, 3.05) is 51.4 Å². The van der Waals surface area contributed by atoms with Crippen LogP contribution < -0.4 is 9.64 Å². The summed E-state index contributed by atoms with van der Waals surface area (Å²) in [5.41, 5.74) is 0.791. The minimum Gasteiger partial charge on any atom is -0.497 e. The molecule has 3 rings (SSSR count). The van der Waals surface area contributed by atoms with Gasteiger partial charge >= 0.3 is 5.97 Å². The molecule has 10 heteroatoms. The van der Waals surface area contributed by atoms with E-state index in [1.807, 2.05) is 4.90 Å². The molecule has 10 nitrogen and oxygen atoms in total. The van der Waals surface area contributed by atoms with Crippen LogP contribution in [0.5, 0.6) is 5.75 Å². The van der Waals surface area contributed by atoms with E-state index in [9.17, 15) is 9.59 Å². The van der Waals surface area contributed by atoms with Gasteiger partial charge in [0, 0.05) is 38.6 Å². The molecule has 0 saturated carbocycles. The smallest absolute Gasteiger partial charge is 0.347 e. The highest BCUT2D eigenvalue weighted by atomic mass is 16.7. The van der Waals surface area contributed by atoms with Crippen LogP contribution in [0, 0.1) is 0 Å². The number of hydrogen-bond acceptors (Lipinski definition) is 9. The Bertz CT molecular complexity index is 852. The van der Waals surface area contributed by atoms with Gasteiger partial charge in [-0.05, 0) is 35.9 Å². The lowest BCUT2D eigenvalue weighted by Gasteiger charge is -2.34. The third-order valence-corrected chi connectivity index (χ3v) is 4.40. The summed E-state index contributed by atoms with van der Waals surface area (Å²) in [4.78, 5) is 40.9. The van der Waals surface area contributed by atoms with E-state index in [2.05, 4.69) is 15.1 Å². The van der Waals surface area contributed by atoms with Crippen molar-refractivity contribution in [1.82, 2.24) is 14.9 Å². The molecule has 1 aromatic heterocycles. The van der Waals surface area contributed by atoms with Gasteiger partial charge in [-0.2, -0.15) is 0 Å². The topological polar surface area (TPSA) is 106 Å².